The first-order valence-corrected chi connectivity index (χ1v) is 7.25. The van der Waals surface area contributed by atoms with Crippen LogP contribution in [0.5, 0.6) is 0 Å². The quantitative estimate of drug-likeness (QED) is 0.799. The van der Waals surface area contributed by atoms with Crippen molar-refractivity contribution in [3.63, 3.8) is 0 Å². The van der Waals surface area contributed by atoms with Crippen LogP contribution >= 0.6 is 0 Å². The molecule has 1 aliphatic heterocycles. The van der Waals surface area contributed by atoms with Gasteiger partial charge in [-0.05, 0) is 37.7 Å². The van der Waals surface area contributed by atoms with Gasteiger partial charge in [-0.15, -0.1) is 0 Å². The number of benzene rings is 1. The normalized spacial score (nSPS) is 18.8. The van der Waals surface area contributed by atoms with Crippen LogP contribution < -0.4 is 0 Å². The summed E-state index contributed by atoms with van der Waals surface area (Å²) in [6.07, 6.45) is 5.61. The number of aryl methyl sites for hydroxylation is 1. The first kappa shape index (κ1) is 14.1. The van der Waals surface area contributed by atoms with Crippen molar-refractivity contribution < 1.29 is 9.90 Å². The summed E-state index contributed by atoms with van der Waals surface area (Å²) in [5, 5.41) is 9.21. The Balaban J connectivity index is 1.67. The van der Waals surface area contributed by atoms with Crippen LogP contribution in [0.3, 0.4) is 0 Å². The largest absolute Gasteiger partial charge is 0.394 e. The molecule has 0 bridgehead atoms. The molecule has 1 saturated heterocycles. The molecule has 19 heavy (non-hydrogen) atoms. The summed E-state index contributed by atoms with van der Waals surface area (Å²) in [5.74, 6) is 0.213. The first-order chi connectivity index (χ1) is 9.31. The van der Waals surface area contributed by atoms with Gasteiger partial charge in [-0.2, -0.15) is 0 Å². The van der Waals surface area contributed by atoms with Crippen LogP contribution in [0.25, 0.3) is 0 Å². The highest BCUT2D eigenvalue weighted by Gasteiger charge is 2.27. The average Bonchev–Trinajstić information content (AvgIpc) is 2.93. The number of likely N-dealkylation sites (tertiary alicyclic amines) is 1. The van der Waals surface area contributed by atoms with E-state index in [2.05, 4.69) is 24.3 Å². The zero-order valence-corrected chi connectivity index (χ0v) is 11.4. The Morgan fingerprint density at radius 3 is 2.79 bits per heavy atom. The second-order valence-corrected chi connectivity index (χ2v) is 5.26. The van der Waals surface area contributed by atoms with Crippen molar-refractivity contribution in [1.29, 1.82) is 0 Å². The molecule has 0 spiro atoms. The van der Waals surface area contributed by atoms with Crippen LogP contribution in [0.2, 0.25) is 0 Å². The van der Waals surface area contributed by atoms with Gasteiger partial charge in [0.1, 0.15) is 0 Å². The molecule has 1 aromatic carbocycles. The SMILES string of the molecule is O=C(CCCCc1ccccc1)N1CCC[C@H]1CO. The lowest BCUT2D eigenvalue weighted by Gasteiger charge is -2.22. The summed E-state index contributed by atoms with van der Waals surface area (Å²) in [6.45, 7) is 0.929. The minimum Gasteiger partial charge on any atom is -0.394 e. The molecule has 3 nitrogen and oxygen atoms in total. The van der Waals surface area contributed by atoms with E-state index in [1.807, 2.05) is 11.0 Å². The topological polar surface area (TPSA) is 40.5 Å². The minimum absolute atomic E-state index is 0.0709. The fourth-order valence-electron chi connectivity index (χ4n) is 2.75. The maximum Gasteiger partial charge on any atom is 0.222 e. The van der Waals surface area contributed by atoms with E-state index in [0.717, 1.165) is 38.6 Å². The Bertz CT molecular complexity index is 391. The molecule has 0 saturated carbocycles. The number of amides is 1. The zero-order valence-electron chi connectivity index (χ0n) is 11.4. The molecular weight excluding hydrogens is 238 g/mol. The van der Waals surface area contributed by atoms with Crippen molar-refractivity contribution >= 4 is 5.91 Å². The summed E-state index contributed by atoms with van der Waals surface area (Å²) < 4.78 is 0. The van der Waals surface area contributed by atoms with E-state index in [4.69, 9.17) is 0 Å². The predicted molar refractivity (Wildman–Crippen MR) is 75.8 cm³/mol. The third-order valence-electron chi connectivity index (χ3n) is 3.86. The molecule has 1 aliphatic rings. The van der Waals surface area contributed by atoms with Crippen molar-refractivity contribution in [2.75, 3.05) is 13.2 Å². The Labute approximate surface area is 115 Å². The highest BCUT2D eigenvalue weighted by molar-refractivity contribution is 5.76. The van der Waals surface area contributed by atoms with Gasteiger partial charge in [0.15, 0.2) is 0 Å². The van der Waals surface area contributed by atoms with Gasteiger partial charge in [-0.3, -0.25) is 4.79 Å². The van der Waals surface area contributed by atoms with Crippen LogP contribution in [0.1, 0.15) is 37.7 Å². The number of hydrogen-bond acceptors (Lipinski definition) is 2. The summed E-state index contributed by atoms with van der Waals surface area (Å²) in [4.78, 5) is 13.9. The Morgan fingerprint density at radius 2 is 2.05 bits per heavy atom. The molecular formula is C16H23NO2. The fraction of sp³-hybridized carbons (Fsp3) is 0.562. The number of aliphatic hydroxyl groups is 1. The van der Waals surface area contributed by atoms with E-state index in [-0.39, 0.29) is 18.6 Å². The molecule has 0 aromatic heterocycles. The van der Waals surface area contributed by atoms with E-state index in [9.17, 15) is 9.90 Å². The van der Waals surface area contributed by atoms with Crippen molar-refractivity contribution in [3.05, 3.63) is 35.9 Å². The number of hydrogen-bond donors (Lipinski definition) is 1. The number of rotatable bonds is 6. The van der Waals surface area contributed by atoms with Gasteiger partial charge in [0, 0.05) is 13.0 Å². The molecule has 3 heteroatoms. The molecule has 104 valence electrons. The summed E-state index contributed by atoms with van der Waals surface area (Å²) in [6, 6.07) is 10.5. The molecule has 1 heterocycles. The van der Waals surface area contributed by atoms with Crippen molar-refractivity contribution in [2.24, 2.45) is 0 Å². The lowest BCUT2D eigenvalue weighted by molar-refractivity contribution is -0.132. The van der Waals surface area contributed by atoms with E-state index in [1.54, 1.807) is 0 Å². The number of carbonyl (C=O) groups excluding carboxylic acids is 1. The molecule has 0 aliphatic carbocycles. The third kappa shape index (κ3) is 4.06. The van der Waals surface area contributed by atoms with Crippen molar-refractivity contribution in [3.8, 4) is 0 Å². The van der Waals surface area contributed by atoms with Crippen LogP contribution in [-0.2, 0) is 11.2 Å². The van der Waals surface area contributed by atoms with E-state index in [1.165, 1.54) is 5.56 Å². The van der Waals surface area contributed by atoms with E-state index < -0.39 is 0 Å². The fourth-order valence-corrected chi connectivity index (χ4v) is 2.75. The lowest BCUT2D eigenvalue weighted by atomic mass is 10.1. The minimum atomic E-state index is 0.0709. The molecule has 0 radical (unpaired) electrons. The van der Waals surface area contributed by atoms with Gasteiger partial charge in [-0.25, -0.2) is 0 Å². The van der Waals surface area contributed by atoms with Gasteiger partial charge >= 0.3 is 0 Å². The lowest BCUT2D eigenvalue weighted by Crippen LogP contribution is -2.37. The van der Waals surface area contributed by atoms with E-state index >= 15 is 0 Å². The maximum absolute atomic E-state index is 12.0. The van der Waals surface area contributed by atoms with Crippen LogP contribution in [0, 0.1) is 0 Å². The van der Waals surface area contributed by atoms with Crippen LogP contribution in [0.15, 0.2) is 30.3 Å². The second-order valence-electron chi connectivity index (χ2n) is 5.26. The molecule has 1 fully saturated rings. The number of unbranched alkanes of at least 4 members (excludes halogenated alkanes) is 1. The van der Waals surface area contributed by atoms with Gasteiger partial charge in [-0.1, -0.05) is 30.3 Å². The summed E-state index contributed by atoms with van der Waals surface area (Å²) >= 11 is 0. The predicted octanol–water partition coefficient (Wildman–Crippen LogP) is 2.38. The second kappa shape index (κ2) is 7.29. The van der Waals surface area contributed by atoms with Crippen molar-refractivity contribution in [2.45, 2.75) is 44.6 Å². The summed E-state index contributed by atoms with van der Waals surface area (Å²) in [7, 11) is 0. The Morgan fingerprint density at radius 1 is 1.26 bits per heavy atom. The smallest absolute Gasteiger partial charge is 0.222 e. The molecule has 1 aromatic rings. The first-order valence-electron chi connectivity index (χ1n) is 7.25. The molecule has 0 unspecified atom stereocenters. The van der Waals surface area contributed by atoms with Gasteiger partial charge in [0.2, 0.25) is 5.91 Å². The number of carbonyl (C=O) groups is 1. The number of aliphatic hydroxyl groups excluding tert-OH is 1. The van der Waals surface area contributed by atoms with Gasteiger partial charge < -0.3 is 10.0 Å². The monoisotopic (exact) mass is 261 g/mol. The zero-order chi connectivity index (χ0) is 13.5. The van der Waals surface area contributed by atoms with E-state index in [0.29, 0.717) is 6.42 Å². The molecule has 1 N–H and O–H groups in total. The Hall–Kier alpha value is -1.35. The van der Waals surface area contributed by atoms with Gasteiger partial charge in [0.25, 0.3) is 0 Å². The molecule has 2 rings (SSSR count). The Kier molecular flexibility index (Phi) is 5.40. The standard InChI is InChI=1S/C16H23NO2/c18-13-15-10-6-12-17(15)16(19)11-5-4-9-14-7-2-1-3-8-14/h1-3,7-8,15,18H,4-6,9-13H2/t15-/m0/s1. The van der Waals surface area contributed by atoms with Gasteiger partial charge in [0.05, 0.1) is 12.6 Å². The third-order valence-corrected chi connectivity index (χ3v) is 3.86. The molecule has 1 amide bonds. The highest BCUT2D eigenvalue weighted by atomic mass is 16.3. The summed E-state index contributed by atoms with van der Waals surface area (Å²) in [5.41, 5.74) is 1.34. The average molecular weight is 261 g/mol. The van der Waals surface area contributed by atoms with Crippen LogP contribution in [-0.4, -0.2) is 35.1 Å². The maximum atomic E-state index is 12.0. The van der Waals surface area contributed by atoms with Crippen molar-refractivity contribution in [1.82, 2.24) is 4.90 Å². The van der Waals surface area contributed by atoms with Crippen LogP contribution in [0.4, 0.5) is 0 Å². The number of nitrogens with zero attached hydrogens (tertiary/aromatic N) is 1. The molecule has 1 atom stereocenters. The highest BCUT2D eigenvalue weighted by Crippen LogP contribution is 2.18.